The molecule has 144 valence electrons. The molecule has 4 nitrogen and oxygen atoms in total. The molecule has 0 saturated carbocycles. The summed E-state index contributed by atoms with van der Waals surface area (Å²) in [5.74, 6) is 0.570. The van der Waals surface area contributed by atoms with E-state index in [9.17, 15) is 4.79 Å². The first-order valence-electron chi connectivity index (χ1n) is 9.66. The van der Waals surface area contributed by atoms with Crippen LogP contribution in [0.4, 0.5) is 0 Å². The summed E-state index contributed by atoms with van der Waals surface area (Å²) in [6.07, 6.45) is 3.19. The molecule has 5 heteroatoms. The van der Waals surface area contributed by atoms with Gasteiger partial charge >= 0.3 is 0 Å². The van der Waals surface area contributed by atoms with Crippen LogP contribution in [0.1, 0.15) is 42.1 Å². The van der Waals surface area contributed by atoms with E-state index in [0.717, 1.165) is 42.5 Å². The van der Waals surface area contributed by atoms with Crippen molar-refractivity contribution in [2.24, 2.45) is 0 Å². The predicted octanol–water partition coefficient (Wildman–Crippen LogP) is 4.63. The molecular weight excluding hydrogens is 404 g/mol. The van der Waals surface area contributed by atoms with Crippen LogP contribution in [0, 0.1) is 0 Å². The highest BCUT2D eigenvalue weighted by atomic mass is 79.9. The van der Waals surface area contributed by atoms with Crippen molar-refractivity contribution in [1.29, 1.82) is 0 Å². The minimum absolute atomic E-state index is 0.0494. The minimum atomic E-state index is -0.0494. The molecule has 2 aromatic carbocycles. The van der Waals surface area contributed by atoms with Crippen LogP contribution in [-0.4, -0.2) is 36.5 Å². The zero-order valence-electron chi connectivity index (χ0n) is 15.8. The molecule has 0 spiro atoms. The predicted molar refractivity (Wildman–Crippen MR) is 112 cm³/mol. The summed E-state index contributed by atoms with van der Waals surface area (Å²) >= 11 is 3.54. The Hall–Kier alpha value is -1.85. The average molecular weight is 431 g/mol. The van der Waals surface area contributed by atoms with Crippen LogP contribution < -0.4 is 10.1 Å². The third-order valence-corrected chi connectivity index (χ3v) is 5.71. The molecule has 1 saturated heterocycles. The Morgan fingerprint density at radius 1 is 1.15 bits per heavy atom. The standard InChI is InChI=1S/C22H27BrN2O2/c1-2-13-25-14-11-18(12-15-25)24-22(26)19-8-4-6-10-21(19)27-16-17-7-3-5-9-20(17)23/h3-10,18H,2,11-16H2,1H3,(H,24,26). The van der Waals surface area contributed by atoms with Gasteiger partial charge in [0.1, 0.15) is 12.4 Å². The number of benzene rings is 2. The number of amides is 1. The lowest BCUT2D eigenvalue weighted by atomic mass is 10.0. The number of nitrogens with one attached hydrogen (secondary N) is 1. The molecule has 0 unspecified atom stereocenters. The van der Waals surface area contributed by atoms with Crippen LogP contribution in [0.15, 0.2) is 53.0 Å². The Morgan fingerprint density at radius 3 is 2.59 bits per heavy atom. The first kappa shape index (κ1) is 19.9. The fourth-order valence-electron chi connectivity index (χ4n) is 3.43. The Balaban J connectivity index is 1.60. The molecule has 1 amide bonds. The van der Waals surface area contributed by atoms with Gasteiger partial charge in [0.15, 0.2) is 0 Å². The van der Waals surface area contributed by atoms with E-state index in [1.54, 1.807) is 0 Å². The molecule has 3 rings (SSSR count). The Kier molecular flexibility index (Phi) is 7.30. The highest BCUT2D eigenvalue weighted by molar-refractivity contribution is 9.10. The van der Waals surface area contributed by atoms with Gasteiger partial charge in [0.25, 0.3) is 5.91 Å². The summed E-state index contributed by atoms with van der Waals surface area (Å²) in [4.78, 5) is 15.3. The van der Waals surface area contributed by atoms with Crippen molar-refractivity contribution in [3.63, 3.8) is 0 Å². The second-order valence-corrected chi connectivity index (χ2v) is 7.82. The zero-order valence-corrected chi connectivity index (χ0v) is 17.4. The van der Waals surface area contributed by atoms with Gasteiger partial charge in [0.05, 0.1) is 5.56 Å². The molecule has 0 atom stereocenters. The van der Waals surface area contributed by atoms with Crippen molar-refractivity contribution in [3.05, 3.63) is 64.1 Å². The lowest BCUT2D eigenvalue weighted by molar-refractivity contribution is 0.0906. The summed E-state index contributed by atoms with van der Waals surface area (Å²) in [6, 6.07) is 15.7. The number of likely N-dealkylation sites (tertiary alicyclic amines) is 1. The summed E-state index contributed by atoms with van der Waals surface area (Å²) in [5, 5.41) is 3.19. The van der Waals surface area contributed by atoms with Gasteiger partial charge in [-0.15, -0.1) is 0 Å². The quantitative estimate of drug-likeness (QED) is 0.695. The van der Waals surface area contributed by atoms with E-state index in [4.69, 9.17) is 4.74 Å². The van der Waals surface area contributed by atoms with E-state index >= 15 is 0 Å². The lowest BCUT2D eigenvalue weighted by Crippen LogP contribution is -2.44. The second-order valence-electron chi connectivity index (χ2n) is 6.97. The van der Waals surface area contributed by atoms with Crippen molar-refractivity contribution >= 4 is 21.8 Å². The SMILES string of the molecule is CCCN1CCC(NC(=O)c2ccccc2OCc2ccccc2Br)CC1. The highest BCUT2D eigenvalue weighted by Gasteiger charge is 2.22. The Bertz CT molecular complexity index is 757. The molecule has 1 fully saturated rings. The van der Waals surface area contributed by atoms with Crippen molar-refractivity contribution in [2.75, 3.05) is 19.6 Å². The molecule has 0 radical (unpaired) electrons. The van der Waals surface area contributed by atoms with E-state index in [1.165, 1.54) is 6.42 Å². The number of nitrogens with zero attached hydrogens (tertiary/aromatic N) is 1. The lowest BCUT2D eigenvalue weighted by Gasteiger charge is -2.32. The number of rotatable bonds is 7. The topological polar surface area (TPSA) is 41.6 Å². The maximum absolute atomic E-state index is 12.8. The zero-order chi connectivity index (χ0) is 19.1. The normalized spacial score (nSPS) is 15.5. The smallest absolute Gasteiger partial charge is 0.255 e. The number of piperidine rings is 1. The summed E-state index contributed by atoms with van der Waals surface area (Å²) < 4.78 is 6.97. The van der Waals surface area contributed by atoms with Crippen LogP contribution in [0.2, 0.25) is 0 Å². The number of hydrogen-bond acceptors (Lipinski definition) is 3. The molecule has 0 bridgehead atoms. The number of carbonyl (C=O) groups excluding carboxylic acids is 1. The maximum Gasteiger partial charge on any atom is 0.255 e. The molecule has 0 aromatic heterocycles. The molecule has 1 heterocycles. The van der Waals surface area contributed by atoms with Crippen molar-refractivity contribution in [2.45, 2.75) is 38.8 Å². The van der Waals surface area contributed by atoms with Crippen molar-refractivity contribution in [1.82, 2.24) is 10.2 Å². The summed E-state index contributed by atoms with van der Waals surface area (Å²) in [7, 11) is 0. The van der Waals surface area contributed by atoms with Crippen LogP contribution in [-0.2, 0) is 6.61 Å². The van der Waals surface area contributed by atoms with Gasteiger partial charge in [0.2, 0.25) is 0 Å². The van der Waals surface area contributed by atoms with Gasteiger partial charge < -0.3 is 15.0 Å². The third kappa shape index (κ3) is 5.56. The molecule has 0 aliphatic carbocycles. The van der Waals surface area contributed by atoms with Gasteiger partial charge in [-0.05, 0) is 44.0 Å². The Labute approximate surface area is 170 Å². The monoisotopic (exact) mass is 430 g/mol. The largest absolute Gasteiger partial charge is 0.488 e. The van der Waals surface area contributed by atoms with Crippen LogP contribution >= 0.6 is 15.9 Å². The van der Waals surface area contributed by atoms with Gasteiger partial charge in [-0.2, -0.15) is 0 Å². The molecular formula is C22H27BrN2O2. The van der Waals surface area contributed by atoms with Gasteiger partial charge in [-0.3, -0.25) is 4.79 Å². The van der Waals surface area contributed by atoms with Crippen LogP contribution in [0.3, 0.4) is 0 Å². The van der Waals surface area contributed by atoms with Crippen LogP contribution in [0.5, 0.6) is 5.75 Å². The number of para-hydroxylation sites is 1. The number of carbonyl (C=O) groups is 1. The van der Waals surface area contributed by atoms with Gasteiger partial charge in [-0.25, -0.2) is 0 Å². The van der Waals surface area contributed by atoms with Gasteiger partial charge in [-0.1, -0.05) is 53.2 Å². The molecule has 1 N–H and O–H groups in total. The molecule has 2 aromatic rings. The maximum atomic E-state index is 12.8. The first-order chi connectivity index (χ1) is 13.2. The minimum Gasteiger partial charge on any atom is -0.488 e. The molecule has 27 heavy (non-hydrogen) atoms. The van der Waals surface area contributed by atoms with E-state index in [-0.39, 0.29) is 11.9 Å². The average Bonchev–Trinajstić information content (AvgIpc) is 2.69. The summed E-state index contributed by atoms with van der Waals surface area (Å²) in [5.41, 5.74) is 1.65. The molecule has 1 aliphatic heterocycles. The highest BCUT2D eigenvalue weighted by Crippen LogP contribution is 2.23. The third-order valence-electron chi connectivity index (χ3n) is 4.94. The summed E-state index contributed by atoms with van der Waals surface area (Å²) in [6.45, 7) is 5.88. The van der Waals surface area contributed by atoms with Crippen molar-refractivity contribution < 1.29 is 9.53 Å². The fraction of sp³-hybridized carbons (Fsp3) is 0.409. The number of halogens is 1. The van der Waals surface area contributed by atoms with E-state index in [1.807, 2.05) is 48.5 Å². The van der Waals surface area contributed by atoms with E-state index in [2.05, 4.69) is 33.1 Å². The van der Waals surface area contributed by atoms with Crippen LogP contribution in [0.25, 0.3) is 0 Å². The van der Waals surface area contributed by atoms with Crippen molar-refractivity contribution in [3.8, 4) is 5.75 Å². The first-order valence-corrected chi connectivity index (χ1v) is 10.4. The second kappa shape index (κ2) is 9.90. The molecule has 1 aliphatic rings. The van der Waals surface area contributed by atoms with Gasteiger partial charge in [0, 0.05) is 29.2 Å². The van der Waals surface area contributed by atoms with E-state index in [0.29, 0.717) is 17.9 Å². The van der Waals surface area contributed by atoms with E-state index < -0.39 is 0 Å². The Morgan fingerprint density at radius 2 is 1.85 bits per heavy atom. The number of ether oxygens (including phenoxy) is 1. The number of hydrogen-bond donors (Lipinski definition) is 1. The fourth-order valence-corrected chi connectivity index (χ4v) is 3.83.